The van der Waals surface area contributed by atoms with E-state index in [0.717, 1.165) is 44.9 Å². The van der Waals surface area contributed by atoms with Crippen LogP contribution in [0.1, 0.15) is 85.0 Å². The molecule has 4 saturated carbocycles. The zero-order chi connectivity index (χ0) is 31.3. The van der Waals surface area contributed by atoms with Gasteiger partial charge in [0, 0.05) is 22.9 Å². The van der Waals surface area contributed by atoms with Crippen molar-refractivity contribution in [2.24, 2.45) is 28.4 Å². The Morgan fingerprint density at radius 1 is 0.884 bits per heavy atom. The van der Waals surface area contributed by atoms with Gasteiger partial charge in [0.25, 0.3) is 0 Å². The van der Waals surface area contributed by atoms with Crippen LogP contribution in [0.3, 0.4) is 0 Å². The van der Waals surface area contributed by atoms with Crippen molar-refractivity contribution >= 4 is 17.9 Å². The number of aliphatic hydroxyl groups excluding tert-OH is 2. The highest BCUT2D eigenvalue weighted by molar-refractivity contribution is 5.88. The average Bonchev–Trinajstić information content (AvgIpc) is 3.79. The number of ether oxygens (including phenoxy) is 1. The first-order valence-corrected chi connectivity index (χ1v) is 15.7. The third-order valence-electron chi connectivity index (χ3n) is 10.8. The van der Waals surface area contributed by atoms with Crippen molar-refractivity contribution in [3.63, 3.8) is 0 Å². The summed E-state index contributed by atoms with van der Waals surface area (Å²) in [5.41, 5.74) is 4.33. The molecule has 6 fully saturated rings. The topological polar surface area (TPSA) is 193 Å². The van der Waals surface area contributed by atoms with Gasteiger partial charge in [-0.05, 0) is 84.0 Å². The first-order chi connectivity index (χ1) is 20.3. The van der Waals surface area contributed by atoms with Crippen molar-refractivity contribution in [3.8, 4) is 12.1 Å². The van der Waals surface area contributed by atoms with Crippen LogP contribution in [0.15, 0.2) is 0 Å². The summed E-state index contributed by atoms with van der Waals surface area (Å²) < 4.78 is 5.31. The highest BCUT2D eigenvalue weighted by Crippen LogP contribution is 2.51. The minimum absolute atomic E-state index is 0.0287. The van der Waals surface area contributed by atoms with Crippen LogP contribution in [0.5, 0.6) is 0 Å². The van der Waals surface area contributed by atoms with E-state index in [0.29, 0.717) is 31.1 Å². The quantitative estimate of drug-likeness (QED) is 0.336. The van der Waals surface area contributed by atoms with Gasteiger partial charge in [-0.2, -0.15) is 10.5 Å². The van der Waals surface area contributed by atoms with Crippen molar-refractivity contribution < 1.29 is 29.3 Å². The number of likely N-dealkylation sites (tertiary alicyclic amines) is 2. The average molecular weight is 599 g/mol. The lowest BCUT2D eigenvalue weighted by molar-refractivity contribution is -0.142. The minimum Gasteiger partial charge on any atom is -0.444 e. The lowest BCUT2D eigenvalue weighted by atomic mass is 9.64. The number of nitriles is 2. The fourth-order valence-electron chi connectivity index (χ4n) is 7.62. The third-order valence-corrected chi connectivity index (χ3v) is 10.8. The first kappa shape index (κ1) is 31.5. The molecule has 236 valence electrons. The van der Waals surface area contributed by atoms with E-state index >= 15 is 0 Å². The molecule has 2 saturated heterocycles. The normalized spacial score (nSPS) is 33.4. The van der Waals surface area contributed by atoms with Gasteiger partial charge >= 0.3 is 6.09 Å². The van der Waals surface area contributed by atoms with Crippen molar-refractivity contribution in [1.29, 1.82) is 10.5 Å². The Balaban J connectivity index is 0.000000180. The number of nitrogens with two attached hydrogens (primary N) is 1. The zero-order valence-corrected chi connectivity index (χ0v) is 25.5. The van der Waals surface area contributed by atoms with E-state index < -0.39 is 40.6 Å². The van der Waals surface area contributed by atoms with Crippen molar-refractivity contribution in [2.45, 2.75) is 127 Å². The van der Waals surface area contributed by atoms with Gasteiger partial charge in [0.05, 0.1) is 31.4 Å². The second-order valence-corrected chi connectivity index (χ2v) is 14.7. The van der Waals surface area contributed by atoms with Crippen molar-refractivity contribution in [1.82, 2.24) is 15.1 Å². The molecule has 4 aliphatic carbocycles. The smallest absolute Gasteiger partial charge is 0.408 e. The second-order valence-electron chi connectivity index (χ2n) is 14.7. The molecule has 12 nitrogen and oxygen atoms in total. The standard InChI is InChI=1S/C18H27N3O4.C13H19N3O2/c1-17(2,3)25-16(24)20-14(18(10-22)5-4-6-18)15(23)21-12(9-19)7-11-8-13(11)21;14-6-9-4-8-5-10(8)16(9)12(18)11(15)13(7-17)2-1-3-13/h11-14,22H,4-8,10H2,1-3H3,(H,20,24);8-11,17H,1-5,7,15H2/t11-,12+,13?,14?;8-,9+,10?,11?/m11/s1. The summed E-state index contributed by atoms with van der Waals surface area (Å²) in [7, 11) is 0. The van der Waals surface area contributed by atoms with Crippen LogP contribution in [0.4, 0.5) is 4.79 Å². The predicted molar refractivity (Wildman–Crippen MR) is 153 cm³/mol. The maximum atomic E-state index is 13.2. The van der Waals surface area contributed by atoms with E-state index in [1.807, 2.05) is 0 Å². The maximum absolute atomic E-state index is 13.2. The lowest BCUT2D eigenvalue weighted by Gasteiger charge is -2.47. The molecule has 0 aromatic rings. The predicted octanol–water partition coefficient (Wildman–Crippen LogP) is 1.54. The number of fused-ring (bicyclic) bond motifs is 2. The molecule has 0 aromatic heterocycles. The number of aliphatic hydroxyl groups is 2. The van der Waals surface area contributed by atoms with Gasteiger partial charge in [0.15, 0.2) is 0 Å². The largest absolute Gasteiger partial charge is 0.444 e. The molecule has 43 heavy (non-hydrogen) atoms. The molecule has 8 atom stereocenters. The molecule has 5 N–H and O–H groups in total. The number of carbonyl (C=O) groups is 3. The minimum atomic E-state index is -0.851. The number of hydrogen-bond donors (Lipinski definition) is 4. The fraction of sp³-hybridized carbons (Fsp3) is 0.839. The van der Waals surface area contributed by atoms with Crippen molar-refractivity contribution in [2.75, 3.05) is 13.2 Å². The number of amides is 3. The number of hydrogen-bond acceptors (Lipinski definition) is 9. The van der Waals surface area contributed by atoms with Gasteiger partial charge in [0.1, 0.15) is 23.7 Å². The van der Waals surface area contributed by atoms with E-state index in [-0.39, 0.29) is 43.2 Å². The van der Waals surface area contributed by atoms with Crippen LogP contribution >= 0.6 is 0 Å². The van der Waals surface area contributed by atoms with Crippen LogP contribution in [0, 0.1) is 45.3 Å². The SMILES string of the molecule is CC(C)(C)OC(=O)NC(C(=O)N1C2C[C@H]2C[C@H]1C#N)C1(CO)CCC1.N#C[C@@H]1C[C@@H]2CC2N1C(=O)C(N)C1(CO)CCC1. The Morgan fingerprint density at radius 2 is 1.35 bits per heavy atom. The number of nitrogens with zero attached hydrogens (tertiary/aromatic N) is 4. The molecule has 0 aromatic carbocycles. The van der Waals surface area contributed by atoms with Crippen molar-refractivity contribution in [3.05, 3.63) is 0 Å². The number of nitrogens with one attached hydrogen (secondary N) is 1. The van der Waals surface area contributed by atoms with Gasteiger partial charge in [-0.15, -0.1) is 0 Å². The van der Waals surface area contributed by atoms with Crippen LogP contribution in [0.25, 0.3) is 0 Å². The molecule has 12 heteroatoms. The van der Waals surface area contributed by atoms with Gasteiger partial charge in [-0.3, -0.25) is 9.59 Å². The Labute approximate surface area is 253 Å². The van der Waals surface area contributed by atoms with E-state index in [4.69, 9.17) is 15.7 Å². The molecular weight excluding hydrogens is 552 g/mol. The van der Waals surface area contributed by atoms with E-state index in [1.54, 1.807) is 30.6 Å². The van der Waals surface area contributed by atoms with Gasteiger partial charge < -0.3 is 35.8 Å². The summed E-state index contributed by atoms with van der Waals surface area (Å²) >= 11 is 0. The number of piperidine rings is 2. The summed E-state index contributed by atoms with van der Waals surface area (Å²) in [6.07, 6.45) is 7.70. The first-order valence-electron chi connectivity index (χ1n) is 15.7. The van der Waals surface area contributed by atoms with Crippen LogP contribution in [-0.4, -0.2) is 93.0 Å². The van der Waals surface area contributed by atoms with Gasteiger partial charge in [-0.25, -0.2) is 4.79 Å². The molecule has 2 heterocycles. The number of carbonyl (C=O) groups excluding carboxylic acids is 3. The highest BCUT2D eigenvalue weighted by atomic mass is 16.6. The third kappa shape index (κ3) is 5.82. The van der Waals surface area contributed by atoms with E-state index in [2.05, 4.69) is 17.5 Å². The number of alkyl carbamates (subject to hydrolysis) is 1. The van der Waals surface area contributed by atoms with Crippen LogP contribution < -0.4 is 11.1 Å². The molecule has 2 aliphatic heterocycles. The fourth-order valence-corrected chi connectivity index (χ4v) is 7.62. The van der Waals surface area contributed by atoms with Crippen LogP contribution in [0.2, 0.25) is 0 Å². The second kappa shape index (κ2) is 11.5. The number of rotatable bonds is 7. The molecule has 0 spiro atoms. The summed E-state index contributed by atoms with van der Waals surface area (Å²) in [6.45, 7) is 5.08. The Kier molecular flexibility index (Phi) is 8.45. The highest BCUT2D eigenvalue weighted by Gasteiger charge is 2.59. The summed E-state index contributed by atoms with van der Waals surface area (Å²) in [5.74, 6) is 0.538. The molecule has 6 rings (SSSR count). The Hall–Kier alpha value is -2.93. The molecular formula is C31H46N6O6. The summed E-state index contributed by atoms with van der Waals surface area (Å²) in [5, 5.41) is 40.6. The molecule has 3 amide bonds. The van der Waals surface area contributed by atoms with Gasteiger partial charge in [-0.1, -0.05) is 12.8 Å². The zero-order valence-electron chi connectivity index (χ0n) is 25.5. The molecule has 0 radical (unpaired) electrons. The summed E-state index contributed by atoms with van der Waals surface area (Å²) in [4.78, 5) is 41.4. The summed E-state index contributed by atoms with van der Waals surface area (Å²) in [6, 6.07) is 2.52. The molecule has 6 aliphatic rings. The van der Waals surface area contributed by atoms with E-state index in [9.17, 15) is 29.9 Å². The van der Waals surface area contributed by atoms with Crippen LogP contribution in [-0.2, 0) is 14.3 Å². The van der Waals surface area contributed by atoms with Gasteiger partial charge in [0.2, 0.25) is 11.8 Å². The Morgan fingerprint density at radius 3 is 1.72 bits per heavy atom. The molecule has 0 bridgehead atoms. The Bertz CT molecular complexity index is 1190. The lowest BCUT2D eigenvalue weighted by Crippen LogP contribution is -2.62. The maximum Gasteiger partial charge on any atom is 0.408 e. The monoisotopic (exact) mass is 598 g/mol. The molecule has 4 unspecified atom stereocenters. The van der Waals surface area contributed by atoms with E-state index in [1.165, 1.54) is 0 Å².